The van der Waals surface area contributed by atoms with Crippen LogP contribution in [0.4, 0.5) is 13.2 Å². The molecule has 4 heteroatoms. The van der Waals surface area contributed by atoms with Gasteiger partial charge < -0.3 is 5.73 Å². The molecule has 1 rings (SSSR count). The third-order valence-corrected chi connectivity index (χ3v) is 2.56. The molecule has 1 aromatic carbocycles. The smallest absolute Gasteiger partial charge is 0.327 e. The Hall–Kier alpha value is -1.03. The van der Waals surface area contributed by atoms with Crippen LogP contribution < -0.4 is 5.73 Å². The van der Waals surface area contributed by atoms with E-state index in [1.165, 1.54) is 0 Å². The number of benzene rings is 1. The van der Waals surface area contributed by atoms with Crippen molar-refractivity contribution in [3.8, 4) is 0 Å². The van der Waals surface area contributed by atoms with Crippen LogP contribution in [0.15, 0.2) is 18.2 Å². The summed E-state index contributed by atoms with van der Waals surface area (Å²) in [7, 11) is 0. The van der Waals surface area contributed by atoms with Crippen molar-refractivity contribution in [1.82, 2.24) is 0 Å². The van der Waals surface area contributed by atoms with Crippen LogP contribution in [0.25, 0.3) is 0 Å². The number of hydrogen-bond acceptors (Lipinski definition) is 1. The molecule has 0 aromatic heterocycles. The van der Waals surface area contributed by atoms with Gasteiger partial charge in [0, 0.05) is 6.04 Å². The van der Waals surface area contributed by atoms with E-state index in [2.05, 4.69) is 0 Å². The molecule has 16 heavy (non-hydrogen) atoms. The highest BCUT2D eigenvalue weighted by Gasteiger charge is 2.30. The lowest BCUT2D eigenvalue weighted by Gasteiger charge is -2.14. The Morgan fingerprint density at radius 1 is 1.19 bits per heavy atom. The van der Waals surface area contributed by atoms with E-state index in [1.54, 1.807) is 0 Å². The summed E-state index contributed by atoms with van der Waals surface area (Å²) in [6, 6.07) is 4.77. The minimum Gasteiger partial charge on any atom is -0.327 e. The van der Waals surface area contributed by atoms with Crippen molar-refractivity contribution in [1.29, 1.82) is 0 Å². The van der Waals surface area contributed by atoms with Crippen molar-refractivity contribution in [2.24, 2.45) is 5.73 Å². The molecule has 0 spiro atoms. The molecule has 0 bridgehead atoms. The standard InChI is InChI=1S/C12H16F3N/c1-8-3-4-10(5-9(8)2)6-11(16)7-12(13,14)15/h3-5,11H,6-7,16H2,1-2H3. The Morgan fingerprint density at radius 2 is 1.81 bits per heavy atom. The third-order valence-electron chi connectivity index (χ3n) is 2.56. The van der Waals surface area contributed by atoms with E-state index in [4.69, 9.17) is 5.73 Å². The summed E-state index contributed by atoms with van der Waals surface area (Å²) in [6.07, 6.45) is -4.85. The zero-order valence-electron chi connectivity index (χ0n) is 9.43. The van der Waals surface area contributed by atoms with E-state index in [0.717, 1.165) is 16.7 Å². The SMILES string of the molecule is Cc1ccc(CC(N)CC(F)(F)F)cc1C. The molecule has 0 aliphatic carbocycles. The molecule has 0 fully saturated rings. The van der Waals surface area contributed by atoms with Crippen LogP contribution in [0.5, 0.6) is 0 Å². The van der Waals surface area contributed by atoms with Gasteiger partial charge in [0.1, 0.15) is 0 Å². The summed E-state index contributed by atoms with van der Waals surface area (Å²) < 4.78 is 36.2. The molecule has 1 unspecified atom stereocenters. The Kier molecular flexibility index (Phi) is 3.97. The predicted molar refractivity (Wildman–Crippen MR) is 58.3 cm³/mol. The maximum absolute atomic E-state index is 12.1. The second kappa shape index (κ2) is 4.87. The van der Waals surface area contributed by atoms with Crippen LogP contribution in [0.1, 0.15) is 23.1 Å². The van der Waals surface area contributed by atoms with Crippen LogP contribution in [0.3, 0.4) is 0 Å². The van der Waals surface area contributed by atoms with Gasteiger partial charge in [-0.2, -0.15) is 13.2 Å². The minimum absolute atomic E-state index is 0.265. The summed E-state index contributed by atoms with van der Waals surface area (Å²) >= 11 is 0. The second-order valence-corrected chi connectivity index (χ2v) is 4.20. The van der Waals surface area contributed by atoms with Gasteiger partial charge in [0.25, 0.3) is 0 Å². The van der Waals surface area contributed by atoms with Crippen molar-refractivity contribution < 1.29 is 13.2 Å². The molecule has 0 saturated carbocycles. The van der Waals surface area contributed by atoms with E-state index in [9.17, 15) is 13.2 Å². The van der Waals surface area contributed by atoms with Crippen molar-refractivity contribution in [3.05, 3.63) is 34.9 Å². The predicted octanol–water partition coefficient (Wildman–Crippen LogP) is 3.13. The van der Waals surface area contributed by atoms with E-state index >= 15 is 0 Å². The fraction of sp³-hybridized carbons (Fsp3) is 0.500. The summed E-state index contributed by atoms with van der Waals surface area (Å²) in [6.45, 7) is 3.91. The zero-order valence-corrected chi connectivity index (χ0v) is 9.43. The lowest BCUT2D eigenvalue weighted by molar-refractivity contribution is -0.138. The molecular weight excluding hydrogens is 215 g/mol. The number of hydrogen-bond donors (Lipinski definition) is 1. The third kappa shape index (κ3) is 4.23. The lowest BCUT2D eigenvalue weighted by Crippen LogP contribution is -2.29. The number of rotatable bonds is 3. The first-order valence-corrected chi connectivity index (χ1v) is 5.16. The molecule has 1 atom stereocenters. The summed E-state index contributed by atoms with van der Waals surface area (Å²) in [5.74, 6) is 0. The van der Waals surface area contributed by atoms with Gasteiger partial charge in [0.2, 0.25) is 0 Å². The largest absolute Gasteiger partial charge is 0.390 e. The topological polar surface area (TPSA) is 26.0 Å². The van der Waals surface area contributed by atoms with Gasteiger partial charge in [-0.05, 0) is 37.0 Å². The van der Waals surface area contributed by atoms with E-state index in [0.29, 0.717) is 0 Å². The molecule has 0 saturated heterocycles. The number of halogens is 3. The molecule has 0 aliphatic heterocycles. The zero-order chi connectivity index (χ0) is 12.3. The molecule has 90 valence electrons. The van der Waals surface area contributed by atoms with E-state index in [1.807, 2.05) is 32.0 Å². The highest BCUT2D eigenvalue weighted by molar-refractivity contribution is 5.30. The van der Waals surface area contributed by atoms with Gasteiger partial charge in [-0.1, -0.05) is 18.2 Å². The molecule has 0 amide bonds. The monoisotopic (exact) mass is 231 g/mol. The molecule has 1 nitrogen and oxygen atoms in total. The average Bonchev–Trinajstić information content (AvgIpc) is 2.08. The fourth-order valence-corrected chi connectivity index (χ4v) is 1.60. The molecule has 0 radical (unpaired) electrons. The van der Waals surface area contributed by atoms with Crippen LogP contribution in [0, 0.1) is 13.8 Å². The van der Waals surface area contributed by atoms with Gasteiger partial charge in [-0.25, -0.2) is 0 Å². The summed E-state index contributed by atoms with van der Waals surface area (Å²) in [4.78, 5) is 0. The van der Waals surface area contributed by atoms with Crippen LogP contribution in [-0.4, -0.2) is 12.2 Å². The molecule has 0 aliphatic rings. The average molecular weight is 231 g/mol. The van der Waals surface area contributed by atoms with Gasteiger partial charge >= 0.3 is 6.18 Å². The Bertz CT molecular complexity index is 358. The Balaban J connectivity index is 2.63. The van der Waals surface area contributed by atoms with Crippen LogP contribution >= 0.6 is 0 Å². The van der Waals surface area contributed by atoms with Gasteiger partial charge in [0.15, 0.2) is 0 Å². The molecule has 1 aromatic rings. The van der Waals surface area contributed by atoms with Crippen molar-refractivity contribution >= 4 is 0 Å². The maximum atomic E-state index is 12.1. The molecular formula is C12H16F3N. The number of aryl methyl sites for hydroxylation is 2. The Morgan fingerprint density at radius 3 is 2.31 bits per heavy atom. The first-order valence-electron chi connectivity index (χ1n) is 5.16. The van der Waals surface area contributed by atoms with Gasteiger partial charge in [-0.3, -0.25) is 0 Å². The maximum Gasteiger partial charge on any atom is 0.390 e. The van der Waals surface area contributed by atoms with E-state index in [-0.39, 0.29) is 6.42 Å². The highest BCUT2D eigenvalue weighted by Crippen LogP contribution is 2.22. The van der Waals surface area contributed by atoms with Crippen LogP contribution in [-0.2, 0) is 6.42 Å². The summed E-state index contributed by atoms with van der Waals surface area (Å²) in [5.41, 5.74) is 8.53. The number of nitrogens with two attached hydrogens (primary N) is 1. The fourth-order valence-electron chi connectivity index (χ4n) is 1.60. The molecule has 2 N–H and O–H groups in total. The van der Waals surface area contributed by atoms with E-state index < -0.39 is 18.6 Å². The highest BCUT2D eigenvalue weighted by atomic mass is 19.4. The lowest BCUT2D eigenvalue weighted by atomic mass is 10.00. The first-order chi connectivity index (χ1) is 7.28. The van der Waals surface area contributed by atoms with Crippen molar-refractivity contribution in [2.45, 2.75) is 38.9 Å². The first kappa shape index (κ1) is 13.0. The second-order valence-electron chi connectivity index (χ2n) is 4.20. The van der Waals surface area contributed by atoms with Crippen molar-refractivity contribution in [2.75, 3.05) is 0 Å². The quantitative estimate of drug-likeness (QED) is 0.849. The number of alkyl halides is 3. The van der Waals surface area contributed by atoms with Gasteiger partial charge in [-0.15, -0.1) is 0 Å². The van der Waals surface area contributed by atoms with Crippen LogP contribution in [0.2, 0.25) is 0 Å². The normalized spacial score (nSPS) is 13.9. The van der Waals surface area contributed by atoms with Gasteiger partial charge in [0.05, 0.1) is 6.42 Å². The summed E-state index contributed by atoms with van der Waals surface area (Å²) in [5, 5.41) is 0. The van der Waals surface area contributed by atoms with Crippen molar-refractivity contribution in [3.63, 3.8) is 0 Å². The minimum atomic E-state index is -4.18. The molecule has 0 heterocycles. The Labute approximate surface area is 93.5 Å².